The second-order valence-electron chi connectivity index (χ2n) is 5.12. The molecule has 3 aromatic rings. The van der Waals surface area contributed by atoms with E-state index in [9.17, 15) is 13.6 Å². The van der Waals surface area contributed by atoms with Gasteiger partial charge in [-0.1, -0.05) is 23.5 Å². The lowest BCUT2D eigenvalue weighted by atomic mass is 10.1. The summed E-state index contributed by atoms with van der Waals surface area (Å²) in [5.74, 6) is -1.67. The van der Waals surface area contributed by atoms with Gasteiger partial charge in [0.25, 0.3) is 0 Å². The van der Waals surface area contributed by atoms with Gasteiger partial charge in [0.1, 0.15) is 17.3 Å². The van der Waals surface area contributed by atoms with Gasteiger partial charge in [-0.15, -0.1) is 0 Å². The molecule has 118 valence electrons. The average Bonchev–Trinajstić information content (AvgIpc) is 2.85. The third kappa shape index (κ3) is 3.14. The molecular weight excluding hydrogens is 320 g/mol. The lowest BCUT2D eigenvalue weighted by molar-refractivity contribution is 0.262. The maximum absolute atomic E-state index is 13.5. The van der Waals surface area contributed by atoms with Crippen molar-refractivity contribution in [3.8, 4) is 0 Å². The van der Waals surface area contributed by atoms with Crippen LogP contribution in [0, 0.1) is 25.5 Å². The summed E-state index contributed by atoms with van der Waals surface area (Å²) in [6, 6.07) is 6.57. The highest BCUT2D eigenvalue weighted by atomic mass is 32.1. The van der Waals surface area contributed by atoms with Crippen molar-refractivity contribution in [3.05, 3.63) is 53.1 Å². The molecule has 2 N–H and O–H groups in total. The van der Waals surface area contributed by atoms with E-state index in [1.54, 1.807) is 0 Å². The van der Waals surface area contributed by atoms with E-state index in [0.717, 1.165) is 33.5 Å². The highest BCUT2D eigenvalue weighted by molar-refractivity contribution is 7.22. The minimum Gasteiger partial charge on any atom is -0.302 e. The summed E-state index contributed by atoms with van der Waals surface area (Å²) < 4.78 is 28.0. The standard InChI is InChI=1S/C16H13F2N3OS/c1-8-6-9(2)14-12(7-8)19-16(23-14)21-15(22)20-13-10(17)4-3-5-11(13)18/h3-7H,1-2H3,(H2,19,20,21,22). The molecule has 1 heterocycles. The Labute approximate surface area is 135 Å². The molecule has 1 aromatic heterocycles. The van der Waals surface area contributed by atoms with Crippen LogP contribution in [-0.4, -0.2) is 11.0 Å². The third-order valence-corrected chi connectivity index (χ3v) is 4.36. The summed E-state index contributed by atoms with van der Waals surface area (Å²) in [4.78, 5) is 16.2. The Bertz CT molecular complexity index is 887. The van der Waals surface area contributed by atoms with Gasteiger partial charge < -0.3 is 5.32 Å². The minimum atomic E-state index is -0.837. The third-order valence-electron chi connectivity index (χ3n) is 3.24. The lowest BCUT2D eigenvalue weighted by Gasteiger charge is -2.07. The van der Waals surface area contributed by atoms with Crippen LogP contribution in [0.25, 0.3) is 10.2 Å². The number of hydrogen-bond donors (Lipinski definition) is 2. The molecule has 4 nitrogen and oxygen atoms in total. The van der Waals surface area contributed by atoms with Gasteiger partial charge in [0.05, 0.1) is 10.2 Å². The number of thiazole rings is 1. The van der Waals surface area contributed by atoms with E-state index in [-0.39, 0.29) is 0 Å². The van der Waals surface area contributed by atoms with E-state index in [0.29, 0.717) is 5.13 Å². The summed E-state index contributed by atoms with van der Waals surface area (Å²) in [6.45, 7) is 3.93. The number of para-hydroxylation sites is 1. The Morgan fingerprint density at radius 1 is 1.13 bits per heavy atom. The maximum Gasteiger partial charge on any atom is 0.325 e. The number of urea groups is 1. The molecule has 0 bridgehead atoms. The zero-order valence-corrected chi connectivity index (χ0v) is 13.2. The molecule has 0 saturated heterocycles. The number of anilines is 2. The molecule has 0 spiro atoms. The van der Waals surface area contributed by atoms with Crippen LogP contribution in [0.3, 0.4) is 0 Å². The summed E-state index contributed by atoms with van der Waals surface area (Å²) >= 11 is 1.31. The molecular formula is C16H13F2N3OS. The zero-order chi connectivity index (χ0) is 16.6. The largest absolute Gasteiger partial charge is 0.325 e. The number of aromatic nitrogens is 1. The predicted octanol–water partition coefficient (Wildman–Crippen LogP) is 4.84. The number of aryl methyl sites for hydroxylation is 2. The van der Waals surface area contributed by atoms with Gasteiger partial charge >= 0.3 is 6.03 Å². The number of hydrogen-bond acceptors (Lipinski definition) is 3. The number of carbonyl (C=O) groups is 1. The first kappa shape index (κ1) is 15.4. The van der Waals surface area contributed by atoms with E-state index in [2.05, 4.69) is 15.6 Å². The summed E-state index contributed by atoms with van der Waals surface area (Å²) in [5.41, 5.74) is 2.42. The van der Waals surface area contributed by atoms with Gasteiger partial charge in [0.2, 0.25) is 0 Å². The first-order valence-electron chi connectivity index (χ1n) is 6.84. The molecule has 0 saturated carbocycles. The minimum absolute atomic E-state index is 0.364. The molecule has 7 heteroatoms. The Hall–Kier alpha value is -2.54. The van der Waals surface area contributed by atoms with Crippen LogP contribution in [0.15, 0.2) is 30.3 Å². The molecule has 0 unspecified atom stereocenters. The summed E-state index contributed by atoms with van der Waals surface area (Å²) in [6.07, 6.45) is 0. The highest BCUT2D eigenvalue weighted by Gasteiger charge is 2.14. The molecule has 23 heavy (non-hydrogen) atoms. The van der Waals surface area contributed by atoms with Gasteiger partial charge in [-0.05, 0) is 43.2 Å². The molecule has 0 aliphatic rings. The number of nitrogens with zero attached hydrogens (tertiary/aromatic N) is 1. The van der Waals surface area contributed by atoms with Gasteiger partial charge in [-0.3, -0.25) is 5.32 Å². The number of carbonyl (C=O) groups excluding carboxylic acids is 1. The van der Waals surface area contributed by atoms with Gasteiger partial charge in [0, 0.05) is 0 Å². The van der Waals surface area contributed by atoms with Gasteiger partial charge in [-0.25, -0.2) is 18.6 Å². The Kier molecular flexibility index (Phi) is 3.96. The fourth-order valence-electron chi connectivity index (χ4n) is 2.29. The van der Waals surface area contributed by atoms with Crippen molar-refractivity contribution in [1.29, 1.82) is 0 Å². The van der Waals surface area contributed by atoms with Crippen molar-refractivity contribution in [2.45, 2.75) is 13.8 Å². The van der Waals surface area contributed by atoms with E-state index in [1.807, 2.05) is 26.0 Å². The quantitative estimate of drug-likeness (QED) is 0.705. The van der Waals surface area contributed by atoms with Crippen molar-refractivity contribution >= 4 is 38.4 Å². The van der Waals surface area contributed by atoms with Gasteiger partial charge in [-0.2, -0.15) is 0 Å². The number of rotatable bonds is 2. The van der Waals surface area contributed by atoms with Crippen molar-refractivity contribution in [1.82, 2.24) is 4.98 Å². The van der Waals surface area contributed by atoms with E-state index in [1.165, 1.54) is 17.4 Å². The van der Waals surface area contributed by atoms with Crippen LogP contribution in [0.5, 0.6) is 0 Å². The van der Waals surface area contributed by atoms with Crippen molar-refractivity contribution < 1.29 is 13.6 Å². The smallest absolute Gasteiger partial charge is 0.302 e. The molecule has 0 aliphatic carbocycles. The van der Waals surface area contributed by atoms with Crippen LogP contribution in [-0.2, 0) is 0 Å². The zero-order valence-electron chi connectivity index (χ0n) is 12.4. The maximum atomic E-state index is 13.5. The van der Waals surface area contributed by atoms with Crippen LogP contribution in [0.4, 0.5) is 24.4 Å². The van der Waals surface area contributed by atoms with E-state index < -0.39 is 23.4 Å². The topological polar surface area (TPSA) is 54.0 Å². The number of benzene rings is 2. The molecule has 3 rings (SSSR count). The fraction of sp³-hybridized carbons (Fsp3) is 0.125. The Morgan fingerprint density at radius 2 is 1.83 bits per heavy atom. The molecule has 2 aromatic carbocycles. The number of halogens is 2. The monoisotopic (exact) mass is 333 g/mol. The summed E-state index contributed by atoms with van der Waals surface area (Å²) in [7, 11) is 0. The SMILES string of the molecule is Cc1cc(C)c2sc(NC(=O)Nc3c(F)cccc3F)nc2c1. The molecule has 0 aliphatic heterocycles. The van der Waals surface area contributed by atoms with E-state index >= 15 is 0 Å². The molecule has 0 fully saturated rings. The van der Waals surface area contributed by atoms with Crippen molar-refractivity contribution in [2.75, 3.05) is 10.6 Å². The molecule has 0 atom stereocenters. The van der Waals surface area contributed by atoms with Crippen LogP contribution < -0.4 is 10.6 Å². The number of nitrogens with one attached hydrogen (secondary N) is 2. The Morgan fingerprint density at radius 3 is 2.52 bits per heavy atom. The fourth-order valence-corrected chi connectivity index (χ4v) is 3.20. The highest BCUT2D eigenvalue weighted by Crippen LogP contribution is 2.30. The second-order valence-corrected chi connectivity index (χ2v) is 6.12. The Balaban J connectivity index is 1.82. The predicted molar refractivity (Wildman–Crippen MR) is 88.1 cm³/mol. The average molecular weight is 333 g/mol. The molecule has 2 amide bonds. The van der Waals surface area contributed by atoms with E-state index in [4.69, 9.17) is 0 Å². The van der Waals surface area contributed by atoms with Gasteiger partial charge in [0.15, 0.2) is 5.13 Å². The number of amides is 2. The molecule has 0 radical (unpaired) electrons. The normalized spacial score (nSPS) is 10.8. The lowest BCUT2D eigenvalue weighted by Crippen LogP contribution is -2.20. The van der Waals surface area contributed by atoms with Crippen LogP contribution in [0.1, 0.15) is 11.1 Å². The first-order valence-corrected chi connectivity index (χ1v) is 7.65. The van der Waals surface area contributed by atoms with Crippen molar-refractivity contribution in [3.63, 3.8) is 0 Å². The second kappa shape index (κ2) is 5.92. The summed E-state index contributed by atoms with van der Waals surface area (Å²) in [5, 5.41) is 5.03. The van der Waals surface area contributed by atoms with Crippen molar-refractivity contribution in [2.24, 2.45) is 0 Å². The van der Waals surface area contributed by atoms with Crippen LogP contribution >= 0.6 is 11.3 Å². The number of fused-ring (bicyclic) bond motifs is 1. The van der Waals surface area contributed by atoms with Crippen LogP contribution in [0.2, 0.25) is 0 Å². The first-order chi connectivity index (χ1) is 10.9.